The van der Waals surface area contributed by atoms with Crippen molar-refractivity contribution in [1.82, 2.24) is 0 Å². The zero-order chi connectivity index (χ0) is 22.4. The monoisotopic (exact) mass is 440 g/mol. The minimum Gasteiger partial charge on any atom is -0.545 e. The molecule has 0 saturated carbocycles. The molecule has 2 aromatic carbocycles. The average Bonchev–Trinajstić information content (AvgIpc) is 3.10. The van der Waals surface area contributed by atoms with Crippen LogP contribution >= 0.6 is 0 Å². The van der Waals surface area contributed by atoms with Gasteiger partial charge in [0.05, 0.1) is 10.9 Å². The molecule has 31 heavy (non-hydrogen) atoms. The maximum absolute atomic E-state index is 12.8. The number of rotatable bonds is 6. The van der Waals surface area contributed by atoms with Gasteiger partial charge in [0.25, 0.3) is 10.0 Å². The van der Waals surface area contributed by atoms with Crippen LogP contribution in [0, 0.1) is 11.3 Å². The number of hydrogen-bond donors (Lipinski definition) is 1. The normalized spacial score (nSPS) is 16.8. The largest absolute Gasteiger partial charge is 0.545 e. The van der Waals surface area contributed by atoms with Crippen molar-refractivity contribution < 1.29 is 22.7 Å². The van der Waals surface area contributed by atoms with E-state index in [-0.39, 0.29) is 15.9 Å². The van der Waals surface area contributed by atoms with Gasteiger partial charge in [0.1, 0.15) is 11.3 Å². The van der Waals surface area contributed by atoms with Gasteiger partial charge < -0.3 is 14.3 Å². The van der Waals surface area contributed by atoms with Crippen LogP contribution < -0.4 is 9.83 Å². The van der Waals surface area contributed by atoms with Crippen molar-refractivity contribution in [2.75, 3.05) is 4.72 Å². The lowest BCUT2D eigenvalue weighted by Gasteiger charge is -2.36. The topological polar surface area (TPSA) is 99.4 Å². The van der Waals surface area contributed by atoms with Crippen molar-refractivity contribution in [1.29, 1.82) is 0 Å². The van der Waals surface area contributed by atoms with E-state index in [0.717, 1.165) is 42.4 Å². The average molecular weight is 441 g/mol. The van der Waals surface area contributed by atoms with E-state index >= 15 is 0 Å². The van der Waals surface area contributed by atoms with Crippen LogP contribution in [0.5, 0.6) is 0 Å². The second kappa shape index (κ2) is 7.71. The zero-order valence-electron chi connectivity index (χ0n) is 17.9. The molecule has 0 amide bonds. The van der Waals surface area contributed by atoms with Gasteiger partial charge in [-0.05, 0) is 60.1 Å². The minimum atomic E-state index is -3.86. The predicted octanol–water partition coefficient (Wildman–Crippen LogP) is 4.14. The summed E-state index contributed by atoms with van der Waals surface area (Å²) in [7, 11) is -3.86. The van der Waals surface area contributed by atoms with E-state index in [0.29, 0.717) is 11.6 Å². The fourth-order valence-electron chi connectivity index (χ4n) is 4.28. The predicted molar refractivity (Wildman–Crippen MR) is 117 cm³/mol. The summed E-state index contributed by atoms with van der Waals surface area (Å²) >= 11 is 0. The maximum atomic E-state index is 12.8. The number of fused-ring (bicyclic) bond motifs is 3. The second-order valence-electron chi connectivity index (χ2n) is 8.91. The van der Waals surface area contributed by atoms with Gasteiger partial charge >= 0.3 is 0 Å². The van der Waals surface area contributed by atoms with Crippen LogP contribution in [0.1, 0.15) is 55.3 Å². The van der Waals surface area contributed by atoms with Gasteiger partial charge in [-0.15, -0.1) is 0 Å². The van der Waals surface area contributed by atoms with E-state index in [1.54, 1.807) is 12.1 Å². The van der Waals surface area contributed by atoms with E-state index < -0.39 is 16.0 Å². The molecule has 0 bridgehead atoms. The molecule has 6 nitrogen and oxygen atoms in total. The van der Waals surface area contributed by atoms with Crippen LogP contribution in [0.15, 0.2) is 51.8 Å². The molecular weight excluding hydrogens is 414 g/mol. The quantitative estimate of drug-likeness (QED) is 0.621. The van der Waals surface area contributed by atoms with Gasteiger partial charge in [-0.25, -0.2) is 8.42 Å². The molecule has 7 heteroatoms. The SMILES string of the molecule is CCC(C)(C)[C@H]1CCc2oc3ccc(NS(=O)(=O)c4ccc(C(=O)[O-])cc4)cc3c2C1. The number of benzene rings is 2. The number of carboxylic acid groups (broad SMARTS) is 1. The molecule has 0 saturated heterocycles. The number of anilines is 1. The summed E-state index contributed by atoms with van der Waals surface area (Å²) in [6, 6.07) is 10.2. The molecule has 0 unspecified atom stereocenters. The highest BCUT2D eigenvalue weighted by molar-refractivity contribution is 7.92. The van der Waals surface area contributed by atoms with Gasteiger partial charge in [-0.3, -0.25) is 4.72 Å². The summed E-state index contributed by atoms with van der Waals surface area (Å²) in [5.41, 5.74) is 2.54. The van der Waals surface area contributed by atoms with Crippen LogP contribution in [0.3, 0.4) is 0 Å². The molecule has 0 radical (unpaired) electrons. The van der Waals surface area contributed by atoms with E-state index in [4.69, 9.17) is 4.42 Å². The fraction of sp³-hybridized carbons (Fsp3) is 0.375. The van der Waals surface area contributed by atoms with Crippen molar-refractivity contribution in [2.45, 2.75) is 51.3 Å². The molecule has 1 aromatic heterocycles. The van der Waals surface area contributed by atoms with Gasteiger partial charge in [0.15, 0.2) is 0 Å². The van der Waals surface area contributed by atoms with Gasteiger partial charge in [0, 0.05) is 23.1 Å². The Balaban J connectivity index is 1.64. The molecule has 164 valence electrons. The Labute approximate surface area is 182 Å². The summed E-state index contributed by atoms with van der Waals surface area (Å²) in [6.07, 6.45) is 4.01. The Bertz CT molecular complexity index is 1240. The van der Waals surface area contributed by atoms with Gasteiger partial charge in [-0.1, -0.05) is 39.3 Å². The standard InChI is InChI=1S/C24H27NO5S/c1-4-24(2,3)16-7-11-21-19(13-16)20-14-17(8-12-22(20)30-21)25-31(28,29)18-9-5-15(6-10-18)23(26)27/h5-6,8-10,12,14,16,25H,4,7,11,13H2,1-3H3,(H,26,27)/p-1/t16-/m0/s1. The molecule has 1 aliphatic rings. The minimum absolute atomic E-state index is 0.0171. The van der Waals surface area contributed by atoms with Crippen LogP contribution in [0.4, 0.5) is 5.69 Å². The summed E-state index contributed by atoms with van der Waals surface area (Å²) in [5, 5.41) is 11.8. The molecule has 1 heterocycles. The van der Waals surface area contributed by atoms with Gasteiger partial charge in [-0.2, -0.15) is 0 Å². The Hall–Kier alpha value is -2.80. The third-order valence-corrected chi connectivity index (χ3v) is 8.11. The maximum Gasteiger partial charge on any atom is 0.261 e. The van der Waals surface area contributed by atoms with Crippen LogP contribution in [-0.2, 0) is 22.9 Å². The number of carbonyl (C=O) groups excluding carboxylic acids is 1. The lowest BCUT2D eigenvalue weighted by atomic mass is 9.69. The van der Waals surface area contributed by atoms with Crippen molar-refractivity contribution in [3.63, 3.8) is 0 Å². The number of sulfonamides is 1. The molecule has 0 fully saturated rings. The smallest absolute Gasteiger partial charge is 0.261 e. The Morgan fingerprint density at radius 2 is 1.90 bits per heavy atom. The van der Waals surface area contributed by atoms with E-state index in [1.807, 2.05) is 6.07 Å². The lowest BCUT2D eigenvalue weighted by molar-refractivity contribution is -0.255. The van der Waals surface area contributed by atoms with Crippen molar-refractivity contribution in [3.8, 4) is 0 Å². The van der Waals surface area contributed by atoms with E-state index in [9.17, 15) is 18.3 Å². The molecule has 4 rings (SSSR count). The molecule has 1 N–H and O–H groups in total. The number of nitrogens with one attached hydrogen (secondary N) is 1. The van der Waals surface area contributed by atoms with E-state index in [2.05, 4.69) is 25.5 Å². The Morgan fingerprint density at radius 1 is 1.19 bits per heavy atom. The van der Waals surface area contributed by atoms with Crippen LogP contribution in [0.2, 0.25) is 0 Å². The molecular formula is C24H26NO5S-. The molecule has 1 atom stereocenters. The van der Waals surface area contributed by atoms with Crippen molar-refractivity contribution in [3.05, 3.63) is 59.4 Å². The second-order valence-corrected chi connectivity index (χ2v) is 10.6. The highest BCUT2D eigenvalue weighted by atomic mass is 32.2. The zero-order valence-corrected chi connectivity index (χ0v) is 18.7. The van der Waals surface area contributed by atoms with Crippen molar-refractivity contribution >= 4 is 32.6 Å². The summed E-state index contributed by atoms with van der Waals surface area (Å²) in [6.45, 7) is 6.82. The molecule has 0 aliphatic heterocycles. The number of furan rings is 1. The highest BCUT2D eigenvalue weighted by Crippen LogP contribution is 2.43. The van der Waals surface area contributed by atoms with Crippen LogP contribution in [0.25, 0.3) is 11.0 Å². The summed E-state index contributed by atoms with van der Waals surface area (Å²) < 4.78 is 34.2. The third kappa shape index (κ3) is 4.06. The first-order valence-corrected chi connectivity index (χ1v) is 12.0. The molecule has 1 aliphatic carbocycles. The first-order chi connectivity index (χ1) is 14.6. The Kier molecular flexibility index (Phi) is 5.33. The van der Waals surface area contributed by atoms with Gasteiger partial charge in [0.2, 0.25) is 0 Å². The highest BCUT2D eigenvalue weighted by Gasteiger charge is 2.33. The number of carbonyl (C=O) groups is 1. The summed E-state index contributed by atoms with van der Waals surface area (Å²) in [4.78, 5) is 10.9. The lowest BCUT2D eigenvalue weighted by Crippen LogP contribution is -2.28. The van der Waals surface area contributed by atoms with Crippen LogP contribution in [-0.4, -0.2) is 14.4 Å². The number of aryl methyl sites for hydroxylation is 1. The van der Waals surface area contributed by atoms with Crippen molar-refractivity contribution in [2.24, 2.45) is 11.3 Å². The number of hydrogen-bond acceptors (Lipinski definition) is 5. The fourth-order valence-corrected chi connectivity index (χ4v) is 5.33. The Morgan fingerprint density at radius 3 is 2.55 bits per heavy atom. The summed E-state index contributed by atoms with van der Waals surface area (Å²) in [5.74, 6) is 0.195. The first-order valence-electron chi connectivity index (χ1n) is 10.5. The molecule has 3 aromatic rings. The first kappa shape index (κ1) is 21.4. The number of aromatic carboxylic acids is 1. The molecule has 0 spiro atoms. The number of carboxylic acids is 1. The third-order valence-electron chi connectivity index (χ3n) is 6.71. The van der Waals surface area contributed by atoms with E-state index in [1.165, 1.54) is 29.8 Å².